The molecule has 2 rings (SSSR count). The van der Waals surface area contributed by atoms with Crippen LogP contribution >= 0.6 is 0 Å². The van der Waals surface area contributed by atoms with E-state index in [-0.39, 0.29) is 11.8 Å². The summed E-state index contributed by atoms with van der Waals surface area (Å²) in [6.07, 6.45) is 0.223. The van der Waals surface area contributed by atoms with Crippen molar-refractivity contribution in [1.29, 1.82) is 0 Å². The summed E-state index contributed by atoms with van der Waals surface area (Å²) in [6, 6.07) is 6.90. The lowest BCUT2D eigenvalue weighted by molar-refractivity contribution is 0.0402. The van der Waals surface area contributed by atoms with Gasteiger partial charge in [-0.1, -0.05) is 12.1 Å². The van der Waals surface area contributed by atoms with E-state index in [0.717, 1.165) is 0 Å². The Morgan fingerprint density at radius 3 is 2.06 bits per heavy atom. The second-order valence-electron chi connectivity index (χ2n) is 8.06. The van der Waals surface area contributed by atoms with Gasteiger partial charge in [0.1, 0.15) is 5.60 Å². The van der Waals surface area contributed by atoms with E-state index in [9.17, 15) is 14.4 Å². The van der Waals surface area contributed by atoms with E-state index in [1.807, 2.05) is 20.8 Å². The number of nitrogens with one attached hydrogen (secondary N) is 2. The van der Waals surface area contributed by atoms with Gasteiger partial charge in [-0.15, -0.1) is 0 Å². The number of imide groups is 1. The van der Waals surface area contributed by atoms with Crippen molar-refractivity contribution < 1.29 is 28.6 Å². The molecule has 0 radical (unpaired) electrons. The van der Waals surface area contributed by atoms with Crippen LogP contribution in [-0.2, 0) is 14.2 Å². The minimum atomic E-state index is -0.512. The van der Waals surface area contributed by atoms with Gasteiger partial charge in [0.05, 0.1) is 37.6 Å². The number of carbonyl (C=O) groups is 3. The first-order valence-corrected chi connectivity index (χ1v) is 10.6. The van der Waals surface area contributed by atoms with Gasteiger partial charge in [-0.2, -0.15) is 0 Å². The van der Waals surface area contributed by atoms with Gasteiger partial charge in [0.25, 0.3) is 11.8 Å². The van der Waals surface area contributed by atoms with Gasteiger partial charge in [0.2, 0.25) is 0 Å². The highest BCUT2D eigenvalue weighted by molar-refractivity contribution is 6.21. The summed E-state index contributed by atoms with van der Waals surface area (Å²) >= 11 is 0. The number of fused-ring (bicyclic) bond motifs is 1. The van der Waals surface area contributed by atoms with Crippen LogP contribution in [0.25, 0.3) is 0 Å². The number of amides is 3. The molecule has 0 fully saturated rings. The topological polar surface area (TPSA) is 106 Å². The second-order valence-corrected chi connectivity index (χ2v) is 8.06. The Labute approximate surface area is 183 Å². The summed E-state index contributed by atoms with van der Waals surface area (Å²) in [7, 11) is 0. The van der Waals surface area contributed by atoms with Gasteiger partial charge in [-0.25, -0.2) is 4.79 Å². The van der Waals surface area contributed by atoms with Crippen LogP contribution in [0.5, 0.6) is 0 Å². The standard InChI is InChI=1S/C22H33N3O6/c1-22(2,3)31-21(28)24-11-14-30-16-15-29-13-10-23-9-6-12-25-19(26)17-7-4-5-8-18(17)20(25)27/h4-5,7-8,23H,6,9-16H2,1-3H3,(H,24,28). The van der Waals surface area contributed by atoms with Crippen LogP contribution in [0.4, 0.5) is 4.79 Å². The number of hydrogen-bond donors (Lipinski definition) is 2. The molecule has 0 bridgehead atoms. The van der Waals surface area contributed by atoms with Crippen molar-refractivity contribution in [1.82, 2.24) is 15.5 Å². The molecule has 3 amide bonds. The molecule has 0 saturated heterocycles. The maximum Gasteiger partial charge on any atom is 0.407 e. The van der Waals surface area contributed by atoms with Gasteiger partial charge in [-0.05, 0) is 45.9 Å². The fraction of sp³-hybridized carbons (Fsp3) is 0.591. The Hall–Kier alpha value is -2.49. The Bertz CT molecular complexity index is 712. The minimum absolute atomic E-state index is 0.217. The van der Waals surface area contributed by atoms with E-state index >= 15 is 0 Å². The second kappa shape index (κ2) is 12.4. The number of nitrogens with zero attached hydrogens (tertiary/aromatic N) is 1. The predicted molar refractivity (Wildman–Crippen MR) is 115 cm³/mol. The molecule has 0 spiro atoms. The lowest BCUT2D eigenvalue weighted by Gasteiger charge is -2.19. The first kappa shape index (κ1) is 24.8. The Balaban J connectivity index is 1.40. The average molecular weight is 436 g/mol. The van der Waals surface area contributed by atoms with Crippen LogP contribution in [0, 0.1) is 0 Å². The first-order chi connectivity index (χ1) is 14.8. The van der Waals surface area contributed by atoms with Crippen molar-refractivity contribution in [3.8, 4) is 0 Å². The highest BCUT2D eigenvalue weighted by Gasteiger charge is 2.34. The van der Waals surface area contributed by atoms with Gasteiger partial charge in [-0.3, -0.25) is 14.5 Å². The molecule has 9 nitrogen and oxygen atoms in total. The lowest BCUT2D eigenvalue weighted by Crippen LogP contribution is -2.34. The Morgan fingerprint density at radius 2 is 1.48 bits per heavy atom. The van der Waals surface area contributed by atoms with E-state index in [0.29, 0.717) is 70.2 Å². The van der Waals surface area contributed by atoms with Gasteiger partial charge in [0, 0.05) is 19.6 Å². The normalized spacial score (nSPS) is 13.5. The van der Waals surface area contributed by atoms with Gasteiger partial charge >= 0.3 is 6.09 Å². The molecule has 0 unspecified atom stereocenters. The van der Waals surface area contributed by atoms with Crippen molar-refractivity contribution in [2.45, 2.75) is 32.8 Å². The zero-order chi connectivity index (χ0) is 22.7. The van der Waals surface area contributed by atoms with E-state index in [4.69, 9.17) is 14.2 Å². The fourth-order valence-corrected chi connectivity index (χ4v) is 2.94. The highest BCUT2D eigenvalue weighted by Crippen LogP contribution is 2.22. The quantitative estimate of drug-likeness (QED) is 0.360. The maximum absolute atomic E-state index is 12.3. The molecule has 0 aliphatic carbocycles. The van der Waals surface area contributed by atoms with E-state index in [1.165, 1.54) is 4.90 Å². The first-order valence-electron chi connectivity index (χ1n) is 10.6. The van der Waals surface area contributed by atoms with Crippen LogP contribution in [0.15, 0.2) is 24.3 Å². The molecule has 2 N–H and O–H groups in total. The summed E-state index contributed by atoms with van der Waals surface area (Å²) in [4.78, 5) is 37.3. The third-order valence-electron chi connectivity index (χ3n) is 4.32. The summed E-state index contributed by atoms with van der Waals surface area (Å²) in [5.41, 5.74) is 0.454. The molecular formula is C22H33N3O6. The SMILES string of the molecule is CC(C)(C)OC(=O)NCCOCCOCCNCCCN1C(=O)c2ccccc2C1=O. The summed E-state index contributed by atoms with van der Waals surface area (Å²) in [6.45, 7) is 9.38. The lowest BCUT2D eigenvalue weighted by atomic mass is 10.1. The van der Waals surface area contributed by atoms with Crippen LogP contribution < -0.4 is 10.6 Å². The monoisotopic (exact) mass is 435 g/mol. The summed E-state index contributed by atoms with van der Waals surface area (Å²) in [5.74, 6) is -0.435. The zero-order valence-electron chi connectivity index (χ0n) is 18.6. The van der Waals surface area contributed by atoms with Crippen LogP contribution in [0.3, 0.4) is 0 Å². The molecule has 9 heteroatoms. The molecule has 31 heavy (non-hydrogen) atoms. The van der Waals surface area contributed by atoms with E-state index in [2.05, 4.69) is 10.6 Å². The summed E-state index contributed by atoms with van der Waals surface area (Å²) < 4.78 is 16.0. The fourth-order valence-electron chi connectivity index (χ4n) is 2.94. The third-order valence-corrected chi connectivity index (χ3v) is 4.32. The molecule has 1 aliphatic heterocycles. The average Bonchev–Trinajstić information content (AvgIpc) is 2.95. The molecule has 1 aromatic rings. The highest BCUT2D eigenvalue weighted by atomic mass is 16.6. The minimum Gasteiger partial charge on any atom is -0.444 e. The van der Waals surface area contributed by atoms with E-state index in [1.54, 1.807) is 24.3 Å². The molecule has 1 heterocycles. The number of rotatable bonds is 13. The van der Waals surface area contributed by atoms with Crippen molar-refractivity contribution in [2.24, 2.45) is 0 Å². The van der Waals surface area contributed by atoms with Crippen LogP contribution in [-0.4, -0.2) is 81.0 Å². The van der Waals surface area contributed by atoms with Crippen LogP contribution in [0.2, 0.25) is 0 Å². The predicted octanol–water partition coefficient (Wildman–Crippen LogP) is 1.82. The summed E-state index contributed by atoms with van der Waals surface area (Å²) in [5, 5.41) is 5.84. The van der Waals surface area contributed by atoms with Crippen molar-refractivity contribution >= 4 is 17.9 Å². The van der Waals surface area contributed by atoms with Crippen molar-refractivity contribution in [2.75, 3.05) is 52.6 Å². The Kier molecular flexibility index (Phi) is 9.90. The third kappa shape index (κ3) is 8.64. The molecule has 0 atom stereocenters. The largest absolute Gasteiger partial charge is 0.444 e. The maximum atomic E-state index is 12.3. The molecule has 1 aromatic carbocycles. The van der Waals surface area contributed by atoms with Gasteiger partial charge in [0.15, 0.2) is 0 Å². The van der Waals surface area contributed by atoms with Crippen molar-refractivity contribution in [3.05, 3.63) is 35.4 Å². The smallest absolute Gasteiger partial charge is 0.407 e. The number of alkyl carbamates (subject to hydrolysis) is 1. The number of carbonyl (C=O) groups excluding carboxylic acids is 3. The van der Waals surface area contributed by atoms with Crippen molar-refractivity contribution in [3.63, 3.8) is 0 Å². The van der Waals surface area contributed by atoms with E-state index < -0.39 is 11.7 Å². The zero-order valence-corrected chi connectivity index (χ0v) is 18.6. The van der Waals surface area contributed by atoms with Gasteiger partial charge < -0.3 is 24.8 Å². The molecule has 0 aromatic heterocycles. The van der Waals surface area contributed by atoms with Crippen LogP contribution in [0.1, 0.15) is 47.9 Å². The molecule has 0 saturated carbocycles. The number of benzene rings is 1. The number of hydrogen-bond acceptors (Lipinski definition) is 7. The molecular weight excluding hydrogens is 402 g/mol. The molecule has 172 valence electrons. The Morgan fingerprint density at radius 1 is 0.903 bits per heavy atom. The number of ether oxygens (including phenoxy) is 3. The molecule has 1 aliphatic rings.